The number of hydrogen-bond donors (Lipinski definition) is 2. The van der Waals surface area contributed by atoms with E-state index in [1.54, 1.807) is 12.1 Å². The van der Waals surface area contributed by atoms with Crippen molar-refractivity contribution < 1.29 is 14.7 Å². The predicted molar refractivity (Wildman–Crippen MR) is 90.4 cm³/mol. The Balaban J connectivity index is 2.22. The molecule has 0 saturated heterocycles. The molecule has 0 radical (unpaired) electrons. The van der Waals surface area contributed by atoms with Gasteiger partial charge in [0.1, 0.15) is 0 Å². The van der Waals surface area contributed by atoms with Crippen LogP contribution in [-0.4, -0.2) is 33.0 Å². The molecule has 2 rings (SSSR count). The number of aliphatic carboxylic acids is 1. The van der Waals surface area contributed by atoms with Crippen LogP contribution >= 0.6 is 23.4 Å². The minimum Gasteiger partial charge on any atom is -0.479 e. The maximum atomic E-state index is 12.3. The summed E-state index contributed by atoms with van der Waals surface area (Å²) in [6, 6.07) is 5.20. The average Bonchev–Trinajstić information content (AvgIpc) is 2.96. The van der Waals surface area contributed by atoms with E-state index in [1.165, 1.54) is 42.7 Å². The fourth-order valence-corrected chi connectivity index (χ4v) is 2.44. The van der Waals surface area contributed by atoms with Gasteiger partial charge in [-0.05, 0) is 38.3 Å². The van der Waals surface area contributed by atoms with Crippen LogP contribution in [0.1, 0.15) is 24.2 Å². The number of halogens is 1. The van der Waals surface area contributed by atoms with E-state index in [0.29, 0.717) is 16.3 Å². The number of carbonyl (C=O) groups excluding carboxylic acids is 1. The summed E-state index contributed by atoms with van der Waals surface area (Å²) in [5.41, 5.74) is -0.460. The van der Waals surface area contributed by atoms with Crippen LogP contribution in [0.2, 0.25) is 5.02 Å². The lowest BCUT2D eigenvalue weighted by atomic mass is 10.1. The van der Waals surface area contributed by atoms with Gasteiger partial charge in [-0.15, -0.1) is 11.8 Å². The van der Waals surface area contributed by atoms with Crippen LogP contribution in [0.3, 0.4) is 0 Å². The summed E-state index contributed by atoms with van der Waals surface area (Å²) >= 11 is 7.57. The molecule has 1 heterocycles. The number of benzene rings is 1. The molecule has 0 aliphatic carbocycles. The van der Waals surface area contributed by atoms with Gasteiger partial charge >= 0.3 is 5.97 Å². The van der Waals surface area contributed by atoms with Crippen molar-refractivity contribution in [3.05, 3.63) is 41.2 Å². The molecule has 23 heavy (non-hydrogen) atoms. The molecule has 0 spiro atoms. The molecule has 0 aliphatic rings. The van der Waals surface area contributed by atoms with Gasteiger partial charge in [-0.3, -0.25) is 9.48 Å². The highest BCUT2D eigenvalue weighted by Crippen LogP contribution is 2.24. The summed E-state index contributed by atoms with van der Waals surface area (Å²) in [7, 11) is 0. The molecule has 2 N–H and O–H groups in total. The van der Waals surface area contributed by atoms with Crippen LogP contribution in [0.25, 0.3) is 0 Å². The molecule has 0 saturated carbocycles. The van der Waals surface area contributed by atoms with Crippen molar-refractivity contribution in [2.45, 2.75) is 24.3 Å². The molecule has 122 valence electrons. The molecule has 0 fully saturated rings. The Morgan fingerprint density at radius 1 is 1.39 bits per heavy atom. The van der Waals surface area contributed by atoms with Crippen molar-refractivity contribution in [1.29, 1.82) is 0 Å². The SMILES string of the molecule is CSc1ccc(Cl)c(C(=O)Nc2cnn(C(C)(C)C(=O)O)c2)c1. The van der Waals surface area contributed by atoms with Gasteiger partial charge in [0, 0.05) is 11.1 Å². The second-order valence-electron chi connectivity index (χ2n) is 5.34. The van der Waals surface area contributed by atoms with E-state index in [9.17, 15) is 14.7 Å². The topological polar surface area (TPSA) is 84.2 Å². The van der Waals surface area contributed by atoms with E-state index < -0.39 is 11.5 Å². The molecule has 1 aromatic carbocycles. The van der Waals surface area contributed by atoms with E-state index in [4.69, 9.17) is 11.6 Å². The Labute approximate surface area is 142 Å². The van der Waals surface area contributed by atoms with Gasteiger partial charge in [0.15, 0.2) is 5.54 Å². The van der Waals surface area contributed by atoms with E-state index >= 15 is 0 Å². The van der Waals surface area contributed by atoms with Gasteiger partial charge in [-0.1, -0.05) is 11.6 Å². The number of nitrogens with zero attached hydrogens (tertiary/aromatic N) is 2. The van der Waals surface area contributed by atoms with Gasteiger partial charge in [0.05, 0.1) is 22.5 Å². The molecule has 6 nitrogen and oxygen atoms in total. The lowest BCUT2D eigenvalue weighted by Gasteiger charge is -2.19. The van der Waals surface area contributed by atoms with Gasteiger partial charge in [-0.2, -0.15) is 5.10 Å². The summed E-state index contributed by atoms with van der Waals surface area (Å²) in [6.07, 6.45) is 4.77. The van der Waals surface area contributed by atoms with Crippen molar-refractivity contribution in [1.82, 2.24) is 9.78 Å². The number of anilines is 1. The monoisotopic (exact) mass is 353 g/mol. The molecule has 0 unspecified atom stereocenters. The number of carbonyl (C=O) groups is 2. The fraction of sp³-hybridized carbons (Fsp3) is 0.267. The van der Waals surface area contributed by atoms with Gasteiger partial charge in [0.25, 0.3) is 5.91 Å². The Morgan fingerprint density at radius 2 is 2.09 bits per heavy atom. The highest BCUT2D eigenvalue weighted by atomic mass is 35.5. The Hall–Kier alpha value is -1.99. The zero-order valence-electron chi connectivity index (χ0n) is 12.8. The summed E-state index contributed by atoms with van der Waals surface area (Å²) in [5, 5.41) is 16.2. The third kappa shape index (κ3) is 3.68. The lowest BCUT2D eigenvalue weighted by Crippen LogP contribution is -2.35. The Kier molecular flexibility index (Phi) is 5.01. The first-order valence-electron chi connectivity index (χ1n) is 6.69. The van der Waals surface area contributed by atoms with E-state index in [1.807, 2.05) is 12.3 Å². The van der Waals surface area contributed by atoms with E-state index in [-0.39, 0.29) is 5.91 Å². The highest BCUT2D eigenvalue weighted by molar-refractivity contribution is 7.98. The number of carboxylic acids is 1. The first kappa shape index (κ1) is 17.4. The average molecular weight is 354 g/mol. The number of rotatable bonds is 5. The first-order valence-corrected chi connectivity index (χ1v) is 8.29. The zero-order valence-corrected chi connectivity index (χ0v) is 14.4. The molecular formula is C15H16ClN3O3S. The van der Waals surface area contributed by atoms with Gasteiger partial charge in [0.2, 0.25) is 0 Å². The van der Waals surface area contributed by atoms with E-state index in [0.717, 1.165) is 4.90 Å². The number of thioether (sulfide) groups is 1. The number of aromatic nitrogens is 2. The first-order chi connectivity index (χ1) is 10.8. The van der Waals surface area contributed by atoms with Gasteiger partial charge < -0.3 is 10.4 Å². The maximum Gasteiger partial charge on any atom is 0.331 e. The highest BCUT2D eigenvalue weighted by Gasteiger charge is 2.30. The zero-order chi connectivity index (χ0) is 17.2. The van der Waals surface area contributed by atoms with Crippen molar-refractivity contribution in [3.63, 3.8) is 0 Å². The number of hydrogen-bond acceptors (Lipinski definition) is 4. The Bertz CT molecular complexity index is 758. The summed E-state index contributed by atoms with van der Waals surface area (Å²) in [5.74, 6) is -1.40. The molecule has 0 atom stereocenters. The molecule has 0 aliphatic heterocycles. The van der Waals surface area contributed by atoms with Crippen LogP contribution in [0.4, 0.5) is 5.69 Å². The van der Waals surface area contributed by atoms with Crippen LogP contribution in [0, 0.1) is 0 Å². The summed E-state index contributed by atoms with van der Waals surface area (Å²) in [4.78, 5) is 24.5. The number of nitrogens with one attached hydrogen (secondary N) is 1. The van der Waals surface area contributed by atoms with Crippen LogP contribution in [-0.2, 0) is 10.3 Å². The van der Waals surface area contributed by atoms with Crippen molar-refractivity contribution in [2.24, 2.45) is 0 Å². The molecular weight excluding hydrogens is 338 g/mol. The lowest BCUT2D eigenvalue weighted by molar-refractivity contribution is -0.146. The third-order valence-corrected chi connectivity index (χ3v) is 4.41. The molecule has 1 aromatic heterocycles. The molecule has 1 amide bonds. The quantitative estimate of drug-likeness (QED) is 0.805. The fourth-order valence-electron chi connectivity index (χ4n) is 1.79. The minimum absolute atomic E-state index is 0.346. The normalized spacial score (nSPS) is 11.3. The predicted octanol–water partition coefficient (Wildman–Crippen LogP) is 3.33. The maximum absolute atomic E-state index is 12.3. The standard InChI is InChI=1S/C15H16ClN3O3S/c1-15(2,14(21)22)19-8-9(7-17-19)18-13(20)11-6-10(23-3)4-5-12(11)16/h4-8H,1-3H3,(H,18,20)(H,21,22). The minimum atomic E-state index is -1.21. The smallest absolute Gasteiger partial charge is 0.331 e. The van der Waals surface area contributed by atoms with Crippen molar-refractivity contribution in [3.8, 4) is 0 Å². The summed E-state index contributed by atoms with van der Waals surface area (Å²) < 4.78 is 1.28. The summed E-state index contributed by atoms with van der Waals surface area (Å²) in [6.45, 7) is 3.04. The second kappa shape index (κ2) is 6.64. The second-order valence-corrected chi connectivity index (χ2v) is 6.62. The molecule has 2 aromatic rings. The molecule has 0 bridgehead atoms. The van der Waals surface area contributed by atoms with Crippen LogP contribution in [0.15, 0.2) is 35.5 Å². The van der Waals surface area contributed by atoms with Gasteiger partial charge in [-0.25, -0.2) is 4.79 Å². The molecule has 8 heteroatoms. The van der Waals surface area contributed by atoms with Crippen molar-refractivity contribution >= 4 is 40.9 Å². The number of carboxylic acid groups (broad SMARTS) is 1. The van der Waals surface area contributed by atoms with E-state index in [2.05, 4.69) is 10.4 Å². The van der Waals surface area contributed by atoms with Crippen LogP contribution in [0.5, 0.6) is 0 Å². The van der Waals surface area contributed by atoms with Crippen LogP contribution < -0.4 is 5.32 Å². The van der Waals surface area contributed by atoms with Crippen molar-refractivity contribution in [2.75, 3.05) is 11.6 Å². The Morgan fingerprint density at radius 3 is 2.70 bits per heavy atom. The number of amides is 1. The third-order valence-electron chi connectivity index (χ3n) is 3.35. The largest absolute Gasteiger partial charge is 0.479 e.